The number of nitrogens with zero attached hydrogens (tertiary/aromatic N) is 2. The van der Waals surface area contributed by atoms with E-state index in [1.165, 1.54) is 11.6 Å². The van der Waals surface area contributed by atoms with Crippen molar-refractivity contribution < 1.29 is 4.79 Å². The quantitative estimate of drug-likeness (QED) is 0.735. The number of benzene rings is 2. The number of para-hydroxylation sites is 1. The average Bonchev–Trinajstić information content (AvgIpc) is 3.05. The van der Waals surface area contributed by atoms with E-state index in [0.29, 0.717) is 0 Å². The Balaban J connectivity index is 1.67. The van der Waals surface area contributed by atoms with E-state index in [2.05, 4.69) is 10.4 Å². The van der Waals surface area contributed by atoms with Crippen molar-refractivity contribution in [2.75, 3.05) is 5.32 Å². The second-order valence-electron chi connectivity index (χ2n) is 5.69. The molecule has 0 aliphatic carbocycles. The molecule has 120 valence electrons. The van der Waals surface area contributed by atoms with Crippen molar-refractivity contribution in [3.63, 3.8) is 0 Å². The molecule has 0 bridgehead atoms. The van der Waals surface area contributed by atoms with Crippen LogP contribution >= 0.6 is 0 Å². The Kier molecular flexibility index (Phi) is 4.57. The molecule has 0 spiro atoms. The van der Waals surface area contributed by atoms with Gasteiger partial charge in [-0.2, -0.15) is 5.10 Å². The summed E-state index contributed by atoms with van der Waals surface area (Å²) in [6.07, 6.45) is 6.89. The van der Waals surface area contributed by atoms with Crippen LogP contribution in [0.25, 0.3) is 11.8 Å². The van der Waals surface area contributed by atoms with E-state index >= 15 is 0 Å². The molecule has 1 heterocycles. The molecule has 0 saturated heterocycles. The monoisotopic (exact) mass is 317 g/mol. The van der Waals surface area contributed by atoms with Crippen LogP contribution in [0.4, 0.5) is 5.69 Å². The molecule has 4 nitrogen and oxygen atoms in total. The number of carbonyl (C=O) groups is 1. The van der Waals surface area contributed by atoms with Gasteiger partial charge in [0.25, 0.3) is 0 Å². The average molecular weight is 317 g/mol. The molecule has 24 heavy (non-hydrogen) atoms. The van der Waals surface area contributed by atoms with Crippen LogP contribution in [0.1, 0.15) is 16.7 Å². The van der Waals surface area contributed by atoms with Crippen LogP contribution in [0.5, 0.6) is 0 Å². The van der Waals surface area contributed by atoms with Gasteiger partial charge in [-0.1, -0.05) is 35.9 Å². The molecule has 3 aromatic rings. The molecule has 0 fully saturated rings. The first-order valence-corrected chi connectivity index (χ1v) is 7.78. The zero-order valence-electron chi connectivity index (χ0n) is 13.7. The lowest BCUT2D eigenvalue weighted by molar-refractivity contribution is -0.111. The van der Waals surface area contributed by atoms with E-state index in [9.17, 15) is 4.79 Å². The Bertz CT molecular complexity index is 879. The van der Waals surface area contributed by atoms with Crippen LogP contribution in [-0.4, -0.2) is 15.7 Å². The molecule has 3 rings (SSSR count). The minimum atomic E-state index is -0.158. The van der Waals surface area contributed by atoms with Gasteiger partial charge in [0, 0.05) is 23.5 Å². The van der Waals surface area contributed by atoms with Crippen molar-refractivity contribution in [1.29, 1.82) is 0 Å². The minimum absolute atomic E-state index is 0.158. The highest BCUT2D eigenvalue weighted by Crippen LogP contribution is 2.16. The van der Waals surface area contributed by atoms with Crippen molar-refractivity contribution in [2.45, 2.75) is 13.8 Å². The van der Waals surface area contributed by atoms with Gasteiger partial charge in [0.1, 0.15) is 0 Å². The van der Waals surface area contributed by atoms with E-state index in [1.54, 1.807) is 17.0 Å². The predicted molar refractivity (Wildman–Crippen MR) is 97.1 cm³/mol. The molecule has 1 N–H and O–H groups in total. The third kappa shape index (κ3) is 3.79. The molecular formula is C20H19N3O. The van der Waals surface area contributed by atoms with E-state index in [0.717, 1.165) is 22.5 Å². The lowest BCUT2D eigenvalue weighted by Crippen LogP contribution is -2.08. The highest BCUT2D eigenvalue weighted by Gasteiger charge is 2.02. The van der Waals surface area contributed by atoms with E-state index in [1.807, 2.05) is 68.6 Å². The summed E-state index contributed by atoms with van der Waals surface area (Å²) in [5.41, 5.74) is 4.91. The van der Waals surface area contributed by atoms with Gasteiger partial charge in [-0.05, 0) is 43.7 Å². The summed E-state index contributed by atoms with van der Waals surface area (Å²) in [6.45, 7) is 4.01. The summed E-state index contributed by atoms with van der Waals surface area (Å²) in [7, 11) is 0. The van der Waals surface area contributed by atoms with E-state index in [4.69, 9.17) is 0 Å². The van der Waals surface area contributed by atoms with Crippen LogP contribution in [-0.2, 0) is 4.79 Å². The van der Waals surface area contributed by atoms with Crippen molar-refractivity contribution in [1.82, 2.24) is 9.78 Å². The highest BCUT2D eigenvalue weighted by molar-refractivity contribution is 6.02. The van der Waals surface area contributed by atoms with Gasteiger partial charge in [0.15, 0.2) is 0 Å². The lowest BCUT2D eigenvalue weighted by Gasteiger charge is -2.06. The topological polar surface area (TPSA) is 46.9 Å². The van der Waals surface area contributed by atoms with E-state index < -0.39 is 0 Å². The molecule has 0 atom stereocenters. The summed E-state index contributed by atoms with van der Waals surface area (Å²) in [5, 5.41) is 7.20. The summed E-state index contributed by atoms with van der Waals surface area (Å²) in [5.74, 6) is -0.158. The van der Waals surface area contributed by atoms with Crippen LogP contribution in [0.3, 0.4) is 0 Å². The normalized spacial score (nSPS) is 10.9. The molecule has 0 unspecified atom stereocenters. The first-order valence-electron chi connectivity index (χ1n) is 7.78. The van der Waals surface area contributed by atoms with Gasteiger partial charge in [-0.3, -0.25) is 4.79 Å². The number of amides is 1. The first kappa shape index (κ1) is 15.7. The molecule has 1 amide bonds. The van der Waals surface area contributed by atoms with E-state index in [-0.39, 0.29) is 5.91 Å². The van der Waals surface area contributed by atoms with Gasteiger partial charge < -0.3 is 5.32 Å². The first-order chi connectivity index (χ1) is 11.6. The summed E-state index contributed by atoms with van der Waals surface area (Å²) in [6, 6.07) is 15.8. The third-order valence-corrected chi connectivity index (χ3v) is 3.69. The second kappa shape index (κ2) is 6.96. The fourth-order valence-corrected chi connectivity index (χ4v) is 2.44. The second-order valence-corrected chi connectivity index (χ2v) is 5.69. The lowest BCUT2D eigenvalue weighted by atomic mass is 10.1. The zero-order valence-corrected chi connectivity index (χ0v) is 13.7. The number of hydrogen-bond acceptors (Lipinski definition) is 2. The van der Waals surface area contributed by atoms with Crippen LogP contribution in [0, 0.1) is 13.8 Å². The number of rotatable bonds is 4. The summed E-state index contributed by atoms with van der Waals surface area (Å²) in [4.78, 5) is 12.1. The number of hydrogen-bond donors (Lipinski definition) is 1. The Morgan fingerprint density at radius 1 is 1.12 bits per heavy atom. The fourth-order valence-electron chi connectivity index (χ4n) is 2.44. The number of aromatic nitrogens is 2. The third-order valence-electron chi connectivity index (χ3n) is 3.69. The van der Waals surface area contributed by atoms with Crippen LogP contribution in [0.2, 0.25) is 0 Å². The maximum absolute atomic E-state index is 12.1. The molecule has 0 radical (unpaired) electrons. The van der Waals surface area contributed by atoms with Gasteiger partial charge >= 0.3 is 0 Å². The summed E-state index contributed by atoms with van der Waals surface area (Å²) < 4.78 is 1.78. The molecule has 1 aromatic heterocycles. The largest absolute Gasteiger partial charge is 0.322 e. The smallest absolute Gasteiger partial charge is 0.248 e. The summed E-state index contributed by atoms with van der Waals surface area (Å²) >= 11 is 0. The molecule has 0 saturated carbocycles. The van der Waals surface area contributed by atoms with Crippen LogP contribution < -0.4 is 5.32 Å². The predicted octanol–water partition coefficient (Wildman–Crippen LogP) is 4.14. The number of aryl methyl sites for hydroxylation is 2. The van der Waals surface area contributed by atoms with Gasteiger partial charge in [0.2, 0.25) is 5.91 Å². The van der Waals surface area contributed by atoms with Crippen molar-refractivity contribution in [3.8, 4) is 5.69 Å². The maximum Gasteiger partial charge on any atom is 0.248 e. The molecule has 4 heteroatoms. The number of anilines is 1. The number of nitrogens with one attached hydrogen (secondary N) is 1. The molecule has 0 aliphatic rings. The Labute approximate surface area is 141 Å². The van der Waals surface area contributed by atoms with Crippen molar-refractivity contribution >= 4 is 17.7 Å². The Hall–Kier alpha value is -3.14. The molecule has 0 aliphatic heterocycles. The van der Waals surface area contributed by atoms with Crippen molar-refractivity contribution in [2.24, 2.45) is 0 Å². The number of carbonyl (C=O) groups excluding carboxylic acids is 1. The van der Waals surface area contributed by atoms with Gasteiger partial charge in [-0.25, -0.2) is 4.68 Å². The van der Waals surface area contributed by atoms with Gasteiger partial charge in [-0.15, -0.1) is 0 Å². The zero-order chi connectivity index (χ0) is 16.9. The molecular weight excluding hydrogens is 298 g/mol. The maximum atomic E-state index is 12.1. The molecule has 2 aromatic carbocycles. The Morgan fingerprint density at radius 2 is 1.92 bits per heavy atom. The van der Waals surface area contributed by atoms with Gasteiger partial charge in [0.05, 0.1) is 11.9 Å². The highest BCUT2D eigenvalue weighted by atomic mass is 16.1. The van der Waals surface area contributed by atoms with Crippen LogP contribution in [0.15, 0.2) is 67.0 Å². The Morgan fingerprint density at radius 3 is 2.67 bits per heavy atom. The minimum Gasteiger partial charge on any atom is -0.322 e. The SMILES string of the molecule is Cc1ccc(NC(=O)/C=C/c2cnn(-c3ccccc3)c2)c(C)c1. The van der Waals surface area contributed by atoms with Crippen molar-refractivity contribution in [3.05, 3.63) is 83.7 Å². The standard InChI is InChI=1S/C20H19N3O/c1-15-8-10-19(16(2)12-15)22-20(24)11-9-17-13-21-23(14-17)18-6-4-3-5-7-18/h3-14H,1-2H3,(H,22,24)/b11-9+. The fraction of sp³-hybridized carbons (Fsp3) is 0.100.